The lowest BCUT2D eigenvalue weighted by atomic mass is 10.2. The Morgan fingerprint density at radius 1 is 1.61 bits per heavy atom. The van der Waals surface area contributed by atoms with Crippen molar-refractivity contribution in [3.8, 4) is 12.3 Å². The highest BCUT2D eigenvalue weighted by Crippen LogP contribution is 2.29. The van der Waals surface area contributed by atoms with Gasteiger partial charge in [-0.1, -0.05) is 19.3 Å². The molecule has 6 heteroatoms. The largest absolute Gasteiger partial charge is 0.351 e. The molecule has 0 aliphatic rings. The zero-order valence-electron chi connectivity index (χ0n) is 10.9. The van der Waals surface area contributed by atoms with Crippen LogP contribution in [0, 0.1) is 29.4 Å². The fourth-order valence-corrected chi connectivity index (χ4v) is 1.81. The van der Waals surface area contributed by atoms with Gasteiger partial charge in [0.25, 0.3) is 0 Å². The van der Waals surface area contributed by atoms with Gasteiger partial charge in [0.2, 0.25) is 5.82 Å². The van der Waals surface area contributed by atoms with Gasteiger partial charge in [-0.2, -0.15) is 5.10 Å². The molecule has 0 aromatic carbocycles. The molecular weight excluding hydrogens is 232 g/mol. The summed E-state index contributed by atoms with van der Waals surface area (Å²) in [5.41, 5.74) is 0.407. The zero-order valence-corrected chi connectivity index (χ0v) is 10.9. The van der Waals surface area contributed by atoms with Gasteiger partial charge in [-0.15, -0.1) is 6.42 Å². The first-order valence-electron chi connectivity index (χ1n) is 5.99. The van der Waals surface area contributed by atoms with Crippen LogP contribution >= 0.6 is 0 Å². The predicted octanol–water partition coefficient (Wildman–Crippen LogP) is 2.33. The SMILES string of the molecule is C#CC(CCC)Nc1c([N+](=O)[O-])c(C)nn1CC. The van der Waals surface area contributed by atoms with Crippen LogP contribution in [-0.2, 0) is 6.54 Å². The van der Waals surface area contributed by atoms with E-state index >= 15 is 0 Å². The number of nitro groups is 1. The molecule has 1 heterocycles. The molecule has 1 N–H and O–H groups in total. The van der Waals surface area contributed by atoms with E-state index in [1.807, 2.05) is 13.8 Å². The lowest BCUT2D eigenvalue weighted by Crippen LogP contribution is -2.20. The van der Waals surface area contributed by atoms with Crippen molar-refractivity contribution in [3.05, 3.63) is 15.8 Å². The molecule has 0 aliphatic carbocycles. The second kappa shape index (κ2) is 6.05. The molecule has 0 saturated heterocycles. The Kier molecular flexibility index (Phi) is 4.72. The Morgan fingerprint density at radius 3 is 2.72 bits per heavy atom. The van der Waals surface area contributed by atoms with E-state index in [0.29, 0.717) is 18.1 Å². The number of aromatic nitrogens is 2. The lowest BCUT2D eigenvalue weighted by Gasteiger charge is -2.13. The second-order valence-corrected chi connectivity index (χ2v) is 4.01. The molecule has 98 valence electrons. The summed E-state index contributed by atoms with van der Waals surface area (Å²) in [4.78, 5) is 10.6. The number of terminal acetylenes is 1. The van der Waals surface area contributed by atoms with E-state index in [-0.39, 0.29) is 11.7 Å². The van der Waals surface area contributed by atoms with Crippen molar-refractivity contribution in [1.29, 1.82) is 0 Å². The minimum Gasteiger partial charge on any atom is -0.351 e. The van der Waals surface area contributed by atoms with Crippen LogP contribution in [-0.4, -0.2) is 20.7 Å². The van der Waals surface area contributed by atoms with E-state index in [2.05, 4.69) is 16.3 Å². The van der Waals surface area contributed by atoms with Crippen molar-refractivity contribution in [2.24, 2.45) is 0 Å². The molecule has 1 unspecified atom stereocenters. The molecular formula is C12H18N4O2. The Hall–Kier alpha value is -2.03. The minimum atomic E-state index is -0.420. The van der Waals surface area contributed by atoms with E-state index in [4.69, 9.17) is 6.42 Å². The fourth-order valence-electron chi connectivity index (χ4n) is 1.81. The Morgan fingerprint density at radius 2 is 2.28 bits per heavy atom. The third-order valence-corrected chi connectivity index (χ3v) is 2.67. The smallest absolute Gasteiger partial charge is 0.333 e. The number of hydrogen-bond acceptors (Lipinski definition) is 4. The maximum Gasteiger partial charge on any atom is 0.333 e. The quantitative estimate of drug-likeness (QED) is 0.478. The van der Waals surface area contributed by atoms with Crippen LogP contribution in [0.1, 0.15) is 32.4 Å². The van der Waals surface area contributed by atoms with Crippen molar-refractivity contribution in [2.45, 2.75) is 46.2 Å². The summed E-state index contributed by atoms with van der Waals surface area (Å²) >= 11 is 0. The Balaban J connectivity index is 3.13. The van der Waals surface area contributed by atoms with Crippen LogP contribution < -0.4 is 5.32 Å². The molecule has 1 atom stereocenters. The van der Waals surface area contributed by atoms with E-state index in [9.17, 15) is 10.1 Å². The maximum absolute atomic E-state index is 11.1. The van der Waals surface area contributed by atoms with E-state index < -0.39 is 4.92 Å². The summed E-state index contributed by atoms with van der Waals surface area (Å²) in [6.45, 7) is 6.08. The number of rotatable bonds is 6. The van der Waals surface area contributed by atoms with Crippen molar-refractivity contribution in [3.63, 3.8) is 0 Å². The standard InChI is InChI=1S/C12H18N4O2/c1-5-8-10(6-2)13-12-11(16(17)18)9(4)14-15(12)7-3/h2,10,13H,5,7-8H2,1,3-4H3. The van der Waals surface area contributed by atoms with Crippen LogP contribution in [0.15, 0.2) is 0 Å². The Labute approximate surface area is 107 Å². The number of anilines is 1. The summed E-state index contributed by atoms with van der Waals surface area (Å²) < 4.78 is 1.58. The fraction of sp³-hybridized carbons (Fsp3) is 0.583. The molecule has 0 spiro atoms. The molecule has 0 radical (unpaired) electrons. The highest BCUT2D eigenvalue weighted by molar-refractivity contribution is 5.60. The molecule has 1 aromatic heterocycles. The van der Waals surface area contributed by atoms with Crippen molar-refractivity contribution >= 4 is 11.5 Å². The molecule has 6 nitrogen and oxygen atoms in total. The van der Waals surface area contributed by atoms with Gasteiger partial charge >= 0.3 is 5.69 Å². The second-order valence-electron chi connectivity index (χ2n) is 4.01. The average Bonchev–Trinajstić information content (AvgIpc) is 2.64. The third-order valence-electron chi connectivity index (χ3n) is 2.67. The van der Waals surface area contributed by atoms with Gasteiger partial charge < -0.3 is 5.32 Å². The molecule has 18 heavy (non-hydrogen) atoms. The third kappa shape index (κ3) is 2.80. The zero-order chi connectivity index (χ0) is 13.7. The molecule has 0 bridgehead atoms. The molecule has 1 aromatic rings. The molecule has 0 aliphatic heterocycles. The van der Waals surface area contributed by atoms with Crippen LogP contribution in [0.3, 0.4) is 0 Å². The van der Waals surface area contributed by atoms with E-state index in [0.717, 1.165) is 12.8 Å². The van der Waals surface area contributed by atoms with Gasteiger partial charge in [-0.05, 0) is 20.3 Å². The topological polar surface area (TPSA) is 73.0 Å². The highest BCUT2D eigenvalue weighted by atomic mass is 16.6. The maximum atomic E-state index is 11.1. The Bertz CT molecular complexity index is 473. The highest BCUT2D eigenvalue weighted by Gasteiger charge is 2.25. The summed E-state index contributed by atoms with van der Waals surface area (Å²) in [5.74, 6) is 3.00. The van der Waals surface area contributed by atoms with Crippen LogP contribution in [0.2, 0.25) is 0 Å². The molecule has 0 amide bonds. The summed E-state index contributed by atoms with van der Waals surface area (Å²) in [7, 11) is 0. The van der Waals surface area contributed by atoms with Gasteiger partial charge in [-0.3, -0.25) is 10.1 Å². The number of hydrogen-bond donors (Lipinski definition) is 1. The van der Waals surface area contributed by atoms with Crippen molar-refractivity contribution < 1.29 is 4.92 Å². The van der Waals surface area contributed by atoms with E-state index in [1.54, 1.807) is 11.6 Å². The van der Waals surface area contributed by atoms with Gasteiger partial charge in [-0.25, -0.2) is 4.68 Å². The van der Waals surface area contributed by atoms with Crippen LogP contribution in [0.25, 0.3) is 0 Å². The minimum absolute atomic E-state index is 0.00760. The van der Waals surface area contributed by atoms with Crippen molar-refractivity contribution in [2.75, 3.05) is 5.32 Å². The van der Waals surface area contributed by atoms with Crippen LogP contribution in [0.5, 0.6) is 0 Å². The van der Waals surface area contributed by atoms with E-state index in [1.165, 1.54) is 0 Å². The van der Waals surface area contributed by atoms with Crippen LogP contribution in [0.4, 0.5) is 11.5 Å². The number of nitrogens with zero attached hydrogens (tertiary/aromatic N) is 3. The summed E-state index contributed by atoms with van der Waals surface area (Å²) in [6, 6.07) is -0.213. The van der Waals surface area contributed by atoms with Gasteiger partial charge in [0.1, 0.15) is 5.69 Å². The van der Waals surface area contributed by atoms with Crippen molar-refractivity contribution in [1.82, 2.24) is 9.78 Å². The normalized spacial score (nSPS) is 11.9. The molecule has 1 rings (SSSR count). The number of aryl methyl sites for hydroxylation is 2. The first-order chi connectivity index (χ1) is 8.54. The average molecular weight is 250 g/mol. The summed E-state index contributed by atoms with van der Waals surface area (Å²) in [6.07, 6.45) is 7.10. The number of nitrogens with one attached hydrogen (secondary N) is 1. The molecule has 0 fully saturated rings. The monoisotopic (exact) mass is 250 g/mol. The lowest BCUT2D eigenvalue weighted by molar-refractivity contribution is -0.384. The van der Waals surface area contributed by atoms with Gasteiger partial charge in [0.05, 0.1) is 11.0 Å². The van der Waals surface area contributed by atoms with Gasteiger partial charge in [0, 0.05) is 6.54 Å². The first kappa shape index (κ1) is 14.0. The first-order valence-corrected chi connectivity index (χ1v) is 5.99. The van der Waals surface area contributed by atoms with Gasteiger partial charge in [0.15, 0.2) is 0 Å². The summed E-state index contributed by atoms with van der Waals surface area (Å²) in [5, 5.41) is 18.2. The predicted molar refractivity (Wildman–Crippen MR) is 70.4 cm³/mol. The molecule has 0 saturated carbocycles.